The van der Waals surface area contributed by atoms with Crippen LogP contribution >= 0.6 is 11.3 Å². The van der Waals surface area contributed by atoms with E-state index in [-0.39, 0.29) is 0 Å². The average molecular weight is 627 g/mol. The molecule has 0 saturated carbocycles. The zero-order valence-corrected chi connectivity index (χ0v) is 26.6. The summed E-state index contributed by atoms with van der Waals surface area (Å²) in [5.74, 6) is 0. The largest absolute Gasteiger partial charge is 0.456 e. The van der Waals surface area contributed by atoms with E-state index in [1.807, 2.05) is 11.3 Å². The lowest BCUT2D eigenvalue weighted by atomic mass is 9.84. The van der Waals surface area contributed by atoms with Gasteiger partial charge in [-0.2, -0.15) is 0 Å². The van der Waals surface area contributed by atoms with Crippen LogP contribution in [0.15, 0.2) is 162 Å². The Morgan fingerprint density at radius 3 is 1.67 bits per heavy atom. The zero-order valence-electron chi connectivity index (χ0n) is 25.8. The van der Waals surface area contributed by atoms with E-state index in [2.05, 4.69) is 158 Å². The molecule has 0 unspecified atom stereocenters. The van der Waals surface area contributed by atoms with Crippen molar-refractivity contribution < 1.29 is 4.42 Å². The summed E-state index contributed by atoms with van der Waals surface area (Å²) in [6, 6.07) is 57.7. The molecule has 2 aromatic heterocycles. The molecule has 222 valence electrons. The first kappa shape index (κ1) is 26.1. The number of thiophene rings is 1. The van der Waals surface area contributed by atoms with Crippen molar-refractivity contribution in [3.05, 3.63) is 158 Å². The van der Waals surface area contributed by atoms with Crippen molar-refractivity contribution in [3.63, 3.8) is 0 Å². The first-order valence-electron chi connectivity index (χ1n) is 16.4. The van der Waals surface area contributed by atoms with E-state index in [0.29, 0.717) is 0 Å². The van der Waals surface area contributed by atoms with E-state index >= 15 is 0 Å². The van der Waals surface area contributed by atoms with E-state index < -0.39 is 0 Å². The van der Waals surface area contributed by atoms with Crippen LogP contribution < -0.4 is 0 Å². The van der Waals surface area contributed by atoms with Crippen LogP contribution in [0.4, 0.5) is 0 Å². The van der Waals surface area contributed by atoms with Crippen LogP contribution in [0.5, 0.6) is 0 Å². The minimum absolute atomic E-state index is 0.919. The van der Waals surface area contributed by atoms with Crippen molar-refractivity contribution >= 4 is 96.5 Å². The summed E-state index contributed by atoms with van der Waals surface area (Å²) in [6.45, 7) is 0. The van der Waals surface area contributed by atoms with Gasteiger partial charge in [-0.1, -0.05) is 127 Å². The summed E-state index contributed by atoms with van der Waals surface area (Å²) >= 11 is 1.87. The van der Waals surface area contributed by atoms with Crippen molar-refractivity contribution in [2.75, 3.05) is 0 Å². The summed E-state index contributed by atoms with van der Waals surface area (Å²) in [4.78, 5) is 0. The number of hydrogen-bond acceptors (Lipinski definition) is 2. The van der Waals surface area contributed by atoms with Crippen LogP contribution in [0.25, 0.3) is 107 Å². The number of furan rings is 1. The molecule has 0 fully saturated rings. The molecule has 0 spiro atoms. The first-order chi connectivity index (χ1) is 23.8. The summed E-state index contributed by atoms with van der Waals surface area (Å²) < 4.78 is 9.37. The van der Waals surface area contributed by atoms with Crippen LogP contribution in [0.2, 0.25) is 0 Å². The molecule has 2 heteroatoms. The molecule has 0 saturated heterocycles. The number of rotatable bonds is 2. The molecule has 2 heterocycles. The second kappa shape index (κ2) is 9.78. The Morgan fingerprint density at radius 1 is 0.354 bits per heavy atom. The second-order valence-electron chi connectivity index (χ2n) is 12.8. The molecule has 11 aromatic rings. The highest BCUT2D eigenvalue weighted by Crippen LogP contribution is 2.49. The number of benzene rings is 9. The van der Waals surface area contributed by atoms with Gasteiger partial charge in [0.15, 0.2) is 0 Å². The van der Waals surface area contributed by atoms with Gasteiger partial charge in [0.25, 0.3) is 0 Å². The fourth-order valence-electron chi connectivity index (χ4n) is 8.22. The highest BCUT2D eigenvalue weighted by atomic mass is 32.1. The van der Waals surface area contributed by atoms with Gasteiger partial charge in [-0.3, -0.25) is 0 Å². The minimum atomic E-state index is 0.919. The lowest BCUT2D eigenvalue weighted by molar-refractivity contribution is 0.669. The fraction of sp³-hybridized carbons (Fsp3) is 0. The van der Waals surface area contributed by atoms with Crippen LogP contribution in [0.1, 0.15) is 0 Å². The van der Waals surface area contributed by atoms with Crippen LogP contribution in [-0.2, 0) is 0 Å². The van der Waals surface area contributed by atoms with E-state index in [9.17, 15) is 0 Å². The Bertz CT molecular complexity index is 3060. The Balaban J connectivity index is 1.27. The molecule has 0 radical (unpaired) electrons. The predicted octanol–water partition coefficient (Wildman–Crippen LogP) is 13.9. The van der Waals surface area contributed by atoms with Gasteiger partial charge in [-0.25, -0.2) is 0 Å². The van der Waals surface area contributed by atoms with E-state index in [0.717, 1.165) is 11.2 Å². The van der Waals surface area contributed by atoms with Gasteiger partial charge in [0.1, 0.15) is 11.2 Å². The van der Waals surface area contributed by atoms with Crippen molar-refractivity contribution in [3.8, 4) is 22.3 Å². The highest BCUT2D eigenvalue weighted by Gasteiger charge is 2.22. The molecule has 48 heavy (non-hydrogen) atoms. The van der Waals surface area contributed by atoms with Crippen LogP contribution in [0, 0.1) is 0 Å². The zero-order chi connectivity index (χ0) is 31.3. The van der Waals surface area contributed by atoms with Gasteiger partial charge < -0.3 is 4.42 Å². The molecule has 0 aliphatic carbocycles. The Morgan fingerprint density at radius 2 is 0.917 bits per heavy atom. The molecule has 11 rings (SSSR count). The Labute approximate surface area is 279 Å². The predicted molar refractivity (Wildman–Crippen MR) is 208 cm³/mol. The summed E-state index contributed by atoms with van der Waals surface area (Å²) in [5, 5.41) is 14.9. The third-order valence-corrected chi connectivity index (χ3v) is 11.4. The van der Waals surface area contributed by atoms with Gasteiger partial charge in [-0.05, 0) is 95.7 Å². The number of hydrogen-bond donors (Lipinski definition) is 0. The summed E-state index contributed by atoms with van der Waals surface area (Å²) in [7, 11) is 0. The molecule has 0 aliphatic rings. The minimum Gasteiger partial charge on any atom is -0.456 e. The molecule has 0 bridgehead atoms. The maximum atomic E-state index is 6.72. The molecular formula is C46H26OS. The van der Waals surface area contributed by atoms with Gasteiger partial charge in [0, 0.05) is 30.9 Å². The maximum Gasteiger partial charge on any atom is 0.136 e. The molecule has 0 amide bonds. The third kappa shape index (κ3) is 3.55. The topological polar surface area (TPSA) is 13.1 Å². The van der Waals surface area contributed by atoms with Crippen LogP contribution in [0.3, 0.4) is 0 Å². The smallest absolute Gasteiger partial charge is 0.136 e. The normalized spacial score (nSPS) is 12.2. The Hall–Kier alpha value is -5.96. The van der Waals surface area contributed by atoms with Crippen molar-refractivity contribution in [1.29, 1.82) is 0 Å². The number of fused-ring (bicyclic) bond motifs is 12. The third-order valence-electron chi connectivity index (χ3n) is 10.2. The molecular weight excluding hydrogens is 601 g/mol. The molecule has 0 aliphatic heterocycles. The van der Waals surface area contributed by atoms with E-state index in [1.165, 1.54) is 96.3 Å². The van der Waals surface area contributed by atoms with E-state index in [4.69, 9.17) is 4.42 Å². The van der Waals surface area contributed by atoms with E-state index in [1.54, 1.807) is 0 Å². The first-order valence-corrected chi connectivity index (χ1v) is 17.2. The summed E-state index contributed by atoms with van der Waals surface area (Å²) in [6.07, 6.45) is 0. The molecule has 0 atom stereocenters. The molecule has 0 N–H and O–H groups in total. The SMILES string of the molecule is c1ccc2c(c1)ccc1oc3cc(-c4c5ccccc5c(-c5ccc6sc7ccccc7c6c5)c5ccccc45)c4ccccc4c3c12. The van der Waals surface area contributed by atoms with Gasteiger partial charge in [0.05, 0.1) is 0 Å². The van der Waals surface area contributed by atoms with Crippen molar-refractivity contribution in [2.45, 2.75) is 0 Å². The highest BCUT2D eigenvalue weighted by molar-refractivity contribution is 7.25. The quantitative estimate of drug-likeness (QED) is 0.174. The van der Waals surface area contributed by atoms with Gasteiger partial charge in [0.2, 0.25) is 0 Å². The maximum absolute atomic E-state index is 6.72. The standard InChI is InChI=1S/C46H26OS/c1-2-12-29-27(11-1)21-23-39-45(29)46-32-15-4-3-13-30(32)38(26-40(46)47-39)44-35-18-7-5-16-33(35)43(34-17-6-8-19-36(34)44)28-22-24-42-37(25-28)31-14-9-10-20-41(31)48-42/h1-26H. The van der Waals surface area contributed by atoms with Crippen molar-refractivity contribution in [1.82, 2.24) is 0 Å². The summed E-state index contributed by atoms with van der Waals surface area (Å²) in [5.41, 5.74) is 6.81. The monoisotopic (exact) mass is 626 g/mol. The van der Waals surface area contributed by atoms with Gasteiger partial charge in [-0.15, -0.1) is 11.3 Å². The second-order valence-corrected chi connectivity index (χ2v) is 13.8. The fourth-order valence-corrected chi connectivity index (χ4v) is 9.31. The Kier molecular flexibility index (Phi) is 5.32. The lowest BCUT2D eigenvalue weighted by Crippen LogP contribution is -1.92. The molecule has 1 nitrogen and oxygen atoms in total. The molecule has 9 aromatic carbocycles. The average Bonchev–Trinajstić information content (AvgIpc) is 3.72. The van der Waals surface area contributed by atoms with Crippen molar-refractivity contribution in [2.24, 2.45) is 0 Å². The van der Waals surface area contributed by atoms with Gasteiger partial charge >= 0.3 is 0 Å². The lowest BCUT2D eigenvalue weighted by Gasteiger charge is -2.19. The van der Waals surface area contributed by atoms with Crippen LogP contribution in [-0.4, -0.2) is 0 Å².